The Balaban J connectivity index is 2.08. The lowest BCUT2D eigenvalue weighted by Crippen LogP contribution is -2.47. The zero-order chi connectivity index (χ0) is 9.52. The van der Waals surface area contributed by atoms with Gasteiger partial charge in [-0.2, -0.15) is 0 Å². The fourth-order valence-corrected chi connectivity index (χ4v) is 1.66. The number of piperazine rings is 1. The molecule has 0 aromatic heterocycles. The molecule has 1 radical (unpaired) electrons. The van der Waals surface area contributed by atoms with Gasteiger partial charge in [0.15, 0.2) is 0 Å². The van der Waals surface area contributed by atoms with Gasteiger partial charge in [0.2, 0.25) is 0 Å². The first-order valence-corrected chi connectivity index (χ1v) is 5.00. The third-order valence-corrected chi connectivity index (χ3v) is 2.50. The summed E-state index contributed by atoms with van der Waals surface area (Å²) in [6.07, 6.45) is 0.863. The standard InChI is InChI=1S/C9H19N2O2/c12-8-1-2-10-3-5-11(6-4-10)7-9-13/h12H,1-9H2. The van der Waals surface area contributed by atoms with Gasteiger partial charge in [0, 0.05) is 45.9 Å². The van der Waals surface area contributed by atoms with Crippen LogP contribution in [0, 0.1) is 0 Å². The molecule has 0 amide bonds. The van der Waals surface area contributed by atoms with Crippen LogP contribution in [0.15, 0.2) is 0 Å². The number of hydrogen-bond donors (Lipinski definition) is 1. The third kappa shape index (κ3) is 4.04. The highest BCUT2D eigenvalue weighted by Gasteiger charge is 2.15. The molecule has 4 heteroatoms. The molecule has 0 saturated carbocycles. The van der Waals surface area contributed by atoms with E-state index in [0.717, 1.165) is 39.1 Å². The number of rotatable bonds is 5. The van der Waals surface area contributed by atoms with E-state index in [9.17, 15) is 5.11 Å². The van der Waals surface area contributed by atoms with E-state index in [4.69, 9.17) is 5.11 Å². The number of aliphatic hydroxyl groups is 1. The molecule has 0 aromatic rings. The molecule has 0 aliphatic carbocycles. The lowest BCUT2D eigenvalue weighted by molar-refractivity contribution is 0.0892. The smallest absolute Gasteiger partial charge is 0.0949 e. The fourth-order valence-electron chi connectivity index (χ4n) is 1.66. The summed E-state index contributed by atoms with van der Waals surface area (Å²) in [5.74, 6) is 0. The Kier molecular flexibility index (Phi) is 5.31. The maximum absolute atomic E-state index is 10.4. The van der Waals surface area contributed by atoms with Gasteiger partial charge in [0.1, 0.15) is 0 Å². The summed E-state index contributed by atoms with van der Waals surface area (Å²) >= 11 is 0. The molecule has 1 aliphatic heterocycles. The highest BCUT2D eigenvalue weighted by atomic mass is 16.3. The quantitative estimate of drug-likeness (QED) is 0.626. The van der Waals surface area contributed by atoms with Crippen LogP contribution in [-0.4, -0.2) is 67.4 Å². The molecule has 1 rings (SSSR count). The zero-order valence-electron chi connectivity index (χ0n) is 8.11. The molecule has 1 heterocycles. The van der Waals surface area contributed by atoms with Gasteiger partial charge in [-0.05, 0) is 6.42 Å². The lowest BCUT2D eigenvalue weighted by atomic mass is 10.3. The van der Waals surface area contributed by atoms with Crippen LogP contribution in [0.1, 0.15) is 6.42 Å². The van der Waals surface area contributed by atoms with E-state index in [1.165, 1.54) is 0 Å². The minimum absolute atomic E-state index is 0.0106. The van der Waals surface area contributed by atoms with Gasteiger partial charge < -0.3 is 10.0 Å². The average molecular weight is 187 g/mol. The van der Waals surface area contributed by atoms with E-state index in [-0.39, 0.29) is 13.2 Å². The van der Waals surface area contributed by atoms with E-state index in [1.54, 1.807) is 0 Å². The number of aliphatic hydroxyl groups excluding tert-OH is 1. The normalized spacial score (nSPS) is 20.8. The van der Waals surface area contributed by atoms with E-state index in [1.807, 2.05) is 0 Å². The van der Waals surface area contributed by atoms with Gasteiger partial charge in [-0.1, -0.05) is 0 Å². The second kappa shape index (κ2) is 6.32. The lowest BCUT2D eigenvalue weighted by Gasteiger charge is -2.33. The molecule has 1 N–H and O–H groups in total. The van der Waals surface area contributed by atoms with Crippen molar-refractivity contribution in [3.05, 3.63) is 0 Å². The van der Waals surface area contributed by atoms with Gasteiger partial charge in [0.05, 0.1) is 6.61 Å². The summed E-state index contributed by atoms with van der Waals surface area (Å²) in [4.78, 5) is 4.56. The molecule has 4 nitrogen and oxygen atoms in total. The first kappa shape index (κ1) is 10.9. The molecule has 13 heavy (non-hydrogen) atoms. The van der Waals surface area contributed by atoms with Crippen LogP contribution in [0.4, 0.5) is 0 Å². The molecular formula is C9H19N2O2. The van der Waals surface area contributed by atoms with E-state index >= 15 is 0 Å². The van der Waals surface area contributed by atoms with Crippen LogP contribution in [-0.2, 0) is 5.11 Å². The van der Waals surface area contributed by atoms with Crippen molar-refractivity contribution < 1.29 is 10.2 Å². The third-order valence-electron chi connectivity index (χ3n) is 2.50. The Labute approximate surface area is 79.8 Å². The molecule has 0 aromatic carbocycles. The Bertz CT molecular complexity index is 125. The molecule has 1 aliphatic rings. The summed E-state index contributed by atoms with van der Waals surface area (Å²) in [6, 6.07) is 0. The predicted octanol–water partition coefficient (Wildman–Crippen LogP) is -0.583. The highest BCUT2D eigenvalue weighted by molar-refractivity contribution is 4.71. The van der Waals surface area contributed by atoms with Crippen LogP contribution in [0.5, 0.6) is 0 Å². The molecule has 0 spiro atoms. The molecule has 0 atom stereocenters. The van der Waals surface area contributed by atoms with Crippen molar-refractivity contribution in [2.24, 2.45) is 0 Å². The largest absolute Gasteiger partial charge is 0.396 e. The summed E-state index contributed by atoms with van der Waals surface area (Å²) in [5.41, 5.74) is 0. The van der Waals surface area contributed by atoms with Crippen LogP contribution in [0.2, 0.25) is 0 Å². The Morgan fingerprint density at radius 3 is 2.00 bits per heavy atom. The van der Waals surface area contributed by atoms with Crippen LogP contribution in [0.25, 0.3) is 0 Å². The van der Waals surface area contributed by atoms with Crippen molar-refractivity contribution in [3.63, 3.8) is 0 Å². The predicted molar refractivity (Wildman–Crippen MR) is 50.1 cm³/mol. The Morgan fingerprint density at radius 1 is 1.00 bits per heavy atom. The van der Waals surface area contributed by atoms with E-state index < -0.39 is 0 Å². The average Bonchev–Trinajstić information content (AvgIpc) is 2.17. The summed E-state index contributed by atoms with van der Waals surface area (Å²) < 4.78 is 0. The maximum Gasteiger partial charge on any atom is 0.0949 e. The molecule has 1 fully saturated rings. The van der Waals surface area contributed by atoms with Crippen LogP contribution < -0.4 is 0 Å². The monoisotopic (exact) mass is 187 g/mol. The summed E-state index contributed by atoms with van der Waals surface area (Å²) in [6.45, 7) is 6.06. The van der Waals surface area contributed by atoms with Gasteiger partial charge in [-0.3, -0.25) is 4.90 Å². The van der Waals surface area contributed by atoms with Crippen molar-refractivity contribution in [1.82, 2.24) is 9.80 Å². The van der Waals surface area contributed by atoms with Crippen molar-refractivity contribution in [2.75, 3.05) is 52.5 Å². The Hall–Kier alpha value is -0.160. The van der Waals surface area contributed by atoms with Gasteiger partial charge in [-0.15, -0.1) is 0 Å². The Morgan fingerprint density at radius 2 is 1.54 bits per heavy atom. The van der Waals surface area contributed by atoms with Crippen molar-refractivity contribution >= 4 is 0 Å². The zero-order valence-corrected chi connectivity index (χ0v) is 8.11. The second-order valence-electron chi connectivity index (χ2n) is 3.46. The fraction of sp³-hybridized carbons (Fsp3) is 1.00. The van der Waals surface area contributed by atoms with E-state index in [2.05, 4.69) is 9.80 Å². The second-order valence-corrected chi connectivity index (χ2v) is 3.46. The minimum Gasteiger partial charge on any atom is -0.396 e. The number of hydrogen-bond acceptors (Lipinski definition) is 3. The molecular weight excluding hydrogens is 168 g/mol. The van der Waals surface area contributed by atoms with Crippen molar-refractivity contribution in [3.8, 4) is 0 Å². The van der Waals surface area contributed by atoms with Crippen molar-refractivity contribution in [2.45, 2.75) is 6.42 Å². The molecule has 0 unspecified atom stereocenters. The van der Waals surface area contributed by atoms with Gasteiger partial charge in [-0.25, -0.2) is 5.11 Å². The molecule has 0 bridgehead atoms. The molecule has 77 valence electrons. The van der Waals surface area contributed by atoms with Crippen molar-refractivity contribution in [1.29, 1.82) is 0 Å². The topological polar surface area (TPSA) is 46.6 Å². The summed E-state index contributed by atoms with van der Waals surface area (Å²) in [7, 11) is 0. The highest BCUT2D eigenvalue weighted by Crippen LogP contribution is 2.01. The SMILES string of the molecule is [O]CCN1CCN(CCCO)CC1. The first-order valence-electron chi connectivity index (χ1n) is 5.00. The summed E-state index contributed by atoms with van der Waals surface area (Å²) in [5, 5.41) is 19.0. The number of nitrogens with zero attached hydrogens (tertiary/aromatic N) is 2. The minimum atomic E-state index is 0.0106. The van der Waals surface area contributed by atoms with Crippen LogP contribution >= 0.6 is 0 Å². The van der Waals surface area contributed by atoms with Gasteiger partial charge >= 0.3 is 0 Å². The van der Waals surface area contributed by atoms with Gasteiger partial charge in [0.25, 0.3) is 0 Å². The van der Waals surface area contributed by atoms with Crippen LogP contribution in [0.3, 0.4) is 0 Å². The van der Waals surface area contributed by atoms with E-state index in [0.29, 0.717) is 6.54 Å². The first-order chi connectivity index (χ1) is 6.36. The molecule has 1 saturated heterocycles. The maximum atomic E-state index is 10.4.